The second-order valence-corrected chi connectivity index (χ2v) is 5.13. The molecule has 0 aliphatic heterocycles. The Morgan fingerprint density at radius 1 is 1.50 bits per heavy atom. The Kier molecular flexibility index (Phi) is 5.12. The van der Waals surface area contributed by atoms with Crippen LogP contribution in [0.4, 0.5) is 5.82 Å². The minimum absolute atomic E-state index is 0.0645. The number of H-pyrrole nitrogens is 2. The summed E-state index contributed by atoms with van der Waals surface area (Å²) < 4.78 is 5.96. The van der Waals surface area contributed by atoms with Gasteiger partial charge in [-0.3, -0.25) is 24.2 Å². The first-order valence-corrected chi connectivity index (χ1v) is 7.16. The lowest BCUT2D eigenvalue weighted by molar-refractivity contribution is 0.102. The van der Waals surface area contributed by atoms with E-state index in [1.165, 1.54) is 13.4 Å². The quantitative estimate of drug-likeness (QED) is 0.427. The molecule has 118 valence electrons. The third-order valence-electron chi connectivity index (χ3n) is 2.77. The number of rotatable bonds is 7. The molecule has 0 aromatic carbocycles. The van der Waals surface area contributed by atoms with E-state index in [9.17, 15) is 14.4 Å². The first kappa shape index (κ1) is 16.0. The summed E-state index contributed by atoms with van der Waals surface area (Å²) >= 11 is 1.08. The highest BCUT2D eigenvalue weighted by Gasteiger charge is 2.19. The number of ketones is 1. The second-order valence-electron chi connectivity index (χ2n) is 4.17. The molecule has 0 amide bonds. The fourth-order valence-corrected chi connectivity index (χ4v) is 2.38. The Morgan fingerprint density at radius 2 is 2.27 bits per heavy atom. The van der Waals surface area contributed by atoms with Gasteiger partial charge in [-0.15, -0.1) is 0 Å². The molecule has 0 radical (unpaired) electrons. The molecule has 2 rings (SSSR count). The molecule has 10 nitrogen and oxygen atoms in total. The Labute approximate surface area is 128 Å². The summed E-state index contributed by atoms with van der Waals surface area (Å²) in [5.41, 5.74) is 4.06. The van der Waals surface area contributed by atoms with Gasteiger partial charge in [-0.05, 0) is 0 Å². The van der Waals surface area contributed by atoms with Crippen LogP contribution >= 0.6 is 11.8 Å². The van der Waals surface area contributed by atoms with Crippen LogP contribution in [-0.2, 0) is 11.3 Å². The van der Waals surface area contributed by atoms with Crippen molar-refractivity contribution in [3.8, 4) is 0 Å². The molecule has 2 aromatic rings. The SMILES string of the molecule is COCCn1c(N)c(C(=O)CSc2ncn[nH]2)c(=O)[nH]c1=O. The monoisotopic (exact) mass is 326 g/mol. The van der Waals surface area contributed by atoms with Crippen molar-refractivity contribution in [2.24, 2.45) is 0 Å². The highest BCUT2D eigenvalue weighted by atomic mass is 32.2. The van der Waals surface area contributed by atoms with Gasteiger partial charge in [0, 0.05) is 7.11 Å². The summed E-state index contributed by atoms with van der Waals surface area (Å²) in [5, 5.41) is 6.67. The average Bonchev–Trinajstić information content (AvgIpc) is 2.98. The lowest BCUT2D eigenvalue weighted by Crippen LogP contribution is -2.37. The number of nitrogens with zero attached hydrogens (tertiary/aromatic N) is 3. The Balaban J connectivity index is 2.27. The first-order valence-electron chi connectivity index (χ1n) is 6.17. The van der Waals surface area contributed by atoms with E-state index in [2.05, 4.69) is 20.2 Å². The number of thioether (sulfide) groups is 1. The van der Waals surface area contributed by atoms with Crippen LogP contribution in [0.15, 0.2) is 21.1 Å². The predicted octanol–water partition coefficient (Wildman–Crippen LogP) is -1.14. The van der Waals surface area contributed by atoms with Crippen molar-refractivity contribution in [2.75, 3.05) is 25.2 Å². The molecule has 0 bridgehead atoms. The zero-order chi connectivity index (χ0) is 16.1. The first-order chi connectivity index (χ1) is 10.5. The van der Waals surface area contributed by atoms with Crippen molar-refractivity contribution in [3.63, 3.8) is 0 Å². The van der Waals surface area contributed by atoms with Crippen LogP contribution in [0.3, 0.4) is 0 Å². The number of hydrogen-bond acceptors (Lipinski definition) is 8. The third-order valence-corrected chi connectivity index (χ3v) is 3.65. The van der Waals surface area contributed by atoms with Gasteiger partial charge in [-0.2, -0.15) is 5.10 Å². The molecule has 2 aromatic heterocycles. The van der Waals surface area contributed by atoms with Crippen LogP contribution in [0.1, 0.15) is 10.4 Å². The van der Waals surface area contributed by atoms with E-state index in [1.54, 1.807) is 0 Å². The molecule has 0 saturated heterocycles. The Hall–Kier alpha value is -2.40. The van der Waals surface area contributed by atoms with Crippen molar-refractivity contribution >= 4 is 23.4 Å². The molecule has 0 spiro atoms. The van der Waals surface area contributed by atoms with Gasteiger partial charge >= 0.3 is 5.69 Å². The van der Waals surface area contributed by atoms with Crippen LogP contribution in [0.25, 0.3) is 0 Å². The van der Waals surface area contributed by atoms with Crippen LogP contribution in [0.5, 0.6) is 0 Å². The van der Waals surface area contributed by atoms with Crippen molar-refractivity contribution < 1.29 is 9.53 Å². The lowest BCUT2D eigenvalue weighted by atomic mass is 10.2. The van der Waals surface area contributed by atoms with Crippen LogP contribution < -0.4 is 17.0 Å². The standard InChI is InChI=1S/C11H14N6O4S/c1-21-3-2-17-8(12)7(9(19)15-11(17)20)6(18)4-22-10-13-5-14-16-10/h5H,2-4,12H2,1H3,(H,13,14,16)(H,15,19,20). The number of nitrogen functional groups attached to an aromatic ring is 1. The maximum absolute atomic E-state index is 12.2. The highest BCUT2D eigenvalue weighted by Crippen LogP contribution is 2.14. The molecule has 0 aliphatic rings. The normalized spacial score (nSPS) is 10.8. The highest BCUT2D eigenvalue weighted by molar-refractivity contribution is 7.99. The number of carbonyl (C=O) groups excluding carboxylic acids is 1. The number of hydrogen-bond donors (Lipinski definition) is 3. The molecule has 22 heavy (non-hydrogen) atoms. The third kappa shape index (κ3) is 3.43. The summed E-state index contributed by atoms with van der Waals surface area (Å²) in [6.45, 7) is 0.351. The maximum atomic E-state index is 12.2. The van der Waals surface area contributed by atoms with Gasteiger partial charge in [0.05, 0.1) is 18.9 Å². The number of Topliss-reactive ketones (excluding diaryl/α,β-unsaturated/α-hetero) is 1. The number of nitrogens with two attached hydrogens (primary N) is 1. The van der Waals surface area contributed by atoms with Crippen LogP contribution in [0, 0.1) is 0 Å². The average molecular weight is 326 g/mol. The molecular formula is C11H14N6O4S. The summed E-state index contributed by atoms with van der Waals surface area (Å²) in [6.07, 6.45) is 1.30. The number of anilines is 1. The Morgan fingerprint density at radius 3 is 2.91 bits per heavy atom. The number of aromatic amines is 2. The van der Waals surface area contributed by atoms with Gasteiger partial charge in [-0.1, -0.05) is 11.8 Å². The van der Waals surface area contributed by atoms with E-state index in [-0.39, 0.29) is 30.3 Å². The largest absolute Gasteiger partial charge is 0.384 e. The van der Waals surface area contributed by atoms with E-state index in [0.717, 1.165) is 16.3 Å². The minimum atomic E-state index is -0.806. The fraction of sp³-hybridized carbons (Fsp3) is 0.364. The summed E-state index contributed by atoms with van der Waals surface area (Å²) in [7, 11) is 1.47. The van der Waals surface area contributed by atoms with E-state index >= 15 is 0 Å². The summed E-state index contributed by atoms with van der Waals surface area (Å²) in [6, 6.07) is 0. The summed E-state index contributed by atoms with van der Waals surface area (Å²) in [5.74, 6) is -0.745. The topological polar surface area (TPSA) is 149 Å². The molecule has 2 heterocycles. The maximum Gasteiger partial charge on any atom is 0.330 e. The molecule has 0 unspecified atom stereocenters. The second kappa shape index (κ2) is 7.04. The number of carbonyl (C=O) groups is 1. The Bertz CT molecular complexity index is 766. The van der Waals surface area contributed by atoms with Crippen molar-refractivity contribution in [3.05, 3.63) is 32.7 Å². The van der Waals surface area contributed by atoms with E-state index in [0.29, 0.717) is 5.16 Å². The van der Waals surface area contributed by atoms with Crippen molar-refractivity contribution in [1.29, 1.82) is 0 Å². The molecule has 0 atom stereocenters. The molecule has 0 fully saturated rings. The minimum Gasteiger partial charge on any atom is -0.384 e. The van der Waals surface area contributed by atoms with Gasteiger partial charge < -0.3 is 10.5 Å². The van der Waals surface area contributed by atoms with Crippen molar-refractivity contribution in [1.82, 2.24) is 24.7 Å². The molecule has 0 saturated carbocycles. The van der Waals surface area contributed by atoms with Crippen molar-refractivity contribution in [2.45, 2.75) is 11.7 Å². The smallest absolute Gasteiger partial charge is 0.330 e. The molecular weight excluding hydrogens is 312 g/mol. The molecule has 11 heteroatoms. The molecule has 4 N–H and O–H groups in total. The lowest BCUT2D eigenvalue weighted by Gasteiger charge is -2.11. The zero-order valence-corrected chi connectivity index (χ0v) is 12.5. The van der Waals surface area contributed by atoms with Crippen LogP contribution in [0.2, 0.25) is 0 Å². The van der Waals surface area contributed by atoms with Gasteiger partial charge in [-0.25, -0.2) is 9.78 Å². The number of aromatic nitrogens is 5. The number of ether oxygens (including phenoxy) is 1. The van der Waals surface area contributed by atoms with Crippen LogP contribution in [-0.4, -0.2) is 50.0 Å². The number of nitrogens with one attached hydrogen (secondary N) is 2. The molecule has 0 aliphatic carbocycles. The van der Waals surface area contributed by atoms with E-state index < -0.39 is 17.0 Å². The summed E-state index contributed by atoms with van der Waals surface area (Å²) in [4.78, 5) is 41.7. The van der Waals surface area contributed by atoms with Gasteiger partial charge in [0.1, 0.15) is 17.7 Å². The zero-order valence-electron chi connectivity index (χ0n) is 11.7. The van der Waals surface area contributed by atoms with Gasteiger partial charge in [0.2, 0.25) is 0 Å². The van der Waals surface area contributed by atoms with Gasteiger partial charge in [0.15, 0.2) is 10.9 Å². The number of methoxy groups -OCH3 is 1. The fourth-order valence-electron chi connectivity index (χ4n) is 1.73. The predicted molar refractivity (Wildman–Crippen MR) is 79.0 cm³/mol. The van der Waals surface area contributed by atoms with E-state index in [4.69, 9.17) is 10.5 Å². The van der Waals surface area contributed by atoms with Gasteiger partial charge in [0.25, 0.3) is 5.56 Å². The van der Waals surface area contributed by atoms with E-state index in [1.807, 2.05) is 0 Å².